The van der Waals surface area contributed by atoms with Crippen LogP contribution in [0.1, 0.15) is 219 Å². The van der Waals surface area contributed by atoms with Crippen molar-refractivity contribution >= 4 is 316 Å². The molecule has 137 heavy (non-hydrogen) atoms. The molecule has 0 heterocycles. The Morgan fingerprint density at radius 1 is 0.109 bits per heavy atom. The van der Waals surface area contributed by atoms with Crippen molar-refractivity contribution in [2.24, 2.45) is 0 Å². The lowest BCUT2D eigenvalue weighted by Crippen LogP contribution is -2.16. The molecule has 0 atom stereocenters. The fourth-order valence-electron chi connectivity index (χ4n) is 25.1. The zero-order valence-corrected chi connectivity index (χ0v) is 77.9. The number of carbonyl (C=O) groups is 10. The van der Waals surface area contributed by atoms with Crippen LogP contribution in [0.2, 0.25) is 0 Å². The van der Waals surface area contributed by atoms with Gasteiger partial charge in [0, 0.05) is 82.6 Å². The van der Waals surface area contributed by atoms with Crippen LogP contribution in [0.3, 0.4) is 0 Å². The van der Waals surface area contributed by atoms with Crippen LogP contribution < -0.4 is 0 Å². The van der Waals surface area contributed by atoms with Crippen LogP contribution in [0.15, 0.2) is 255 Å². The predicted octanol–water partition coefficient (Wildman–Crippen LogP) is 33.8. The van der Waals surface area contributed by atoms with Crippen molar-refractivity contribution in [3.8, 4) is 0 Å². The molecule has 32 rings (SSSR count). The van der Waals surface area contributed by atoms with Crippen molar-refractivity contribution in [3.05, 3.63) is 310 Å². The lowest BCUT2D eigenvalue weighted by atomic mass is 9.78. The number of carbonyl (C=O) groups excluding carboxylic acids is 10. The van der Waals surface area contributed by atoms with Crippen LogP contribution in [0.4, 0.5) is 0 Å². The van der Waals surface area contributed by atoms with Crippen molar-refractivity contribution < 1.29 is 47.9 Å². The number of Topliss-reactive ketones (excluding diaryl/α,β-unsaturated/α-hetero) is 10. The Morgan fingerprint density at radius 2 is 0.204 bits per heavy atom. The summed E-state index contributed by atoms with van der Waals surface area (Å²) in [5.41, 5.74) is 6.43. The van der Waals surface area contributed by atoms with Crippen LogP contribution in [-0.4, -0.2) is 57.8 Å². The highest BCUT2D eigenvalue weighted by atomic mass is 16.2. The third kappa shape index (κ3) is 10.7. The Morgan fingerprint density at radius 3 is 0.321 bits per heavy atom. The molecule has 0 N–H and O–H groups in total. The first-order valence-corrected chi connectivity index (χ1v) is 48.5. The highest BCUT2D eigenvalue weighted by Crippen LogP contribution is 2.57. The Balaban J connectivity index is 0.000000108. The van der Waals surface area contributed by atoms with E-state index in [1.165, 1.54) is 97.0 Å². The molecule has 0 aromatic heterocycles. The minimum Gasteiger partial charge on any atom is -0.294 e. The van der Waals surface area contributed by atoms with E-state index in [2.05, 4.69) is 170 Å². The molecule has 0 radical (unpaired) electrons. The normalized spacial score (nSPS) is 14.0. The summed E-state index contributed by atoms with van der Waals surface area (Å²) in [4.78, 5) is 129. The fourth-order valence-corrected chi connectivity index (χ4v) is 25.1. The van der Waals surface area contributed by atoms with E-state index in [4.69, 9.17) is 0 Å². The van der Waals surface area contributed by atoms with Gasteiger partial charge in [0.25, 0.3) is 0 Å². The molecule has 10 nitrogen and oxygen atoms in total. The smallest absolute Gasteiger partial charge is 0.171 e. The van der Waals surface area contributed by atoms with E-state index in [1.54, 1.807) is 0 Å². The fraction of sp³-hybridized carbons (Fsp3) is 0.134. The quantitative estimate of drug-likeness (QED) is 0.0808. The lowest BCUT2D eigenvalue weighted by Gasteiger charge is -2.23. The third-order valence-corrected chi connectivity index (χ3v) is 30.0. The summed E-state index contributed by atoms with van der Waals surface area (Å²) < 4.78 is 0. The van der Waals surface area contributed by atoms with E-state index < -0.39 is 0 Å². The molecule has 5 aliphatic rings. The molecule has 0 saturated carbocycles. The van der Waals surface area contributed by atoms with Gasteiger partial charge < -0.3 is 0 Å². The minimum atomic E-state index is -0.120. The maximum absolute atomic E-state index is 13.0. The van der Waals surface area contributed by atoms with Gasteiger partial charge in [-0.25, -0.2) is 0 Å². The Bertz CT molecular complexity index is 9300. The van der Waals surface area contributed by atoms with E-state index in [9.17, 15) is 47.9 Å². The van der Waals surface area contributed by atoms with Crippen LogP contribution >= 0.6 is 0 Å². The van der Waals surface area contributed by atoms with Gasteiger partial charge in [-0.15, -0.1) is 0 Å². The summed E-state index contributed by atoms with van der Waals surface area (Å²) in [6, 6.07) is 88.2. The maximum Gasteiger partial charge on any atom is 0.171 e. The van der Waals surface area contributed by atoms with Gasteiger partial charge in [-0.3, -0.25) is 47.9 Å². The Kier molecular flexibility index (Phi) is 18.7. The van der Waals surface area contributed by atoms with Crippen LogP contribution in [0.25, 0.3) is 259 Å². The molecule has 0 bridgehead atoms. The monoisotopic (exact) mass is 1770 g/mol. The van der Waals surface area contributed by atoms with E-state index in [-0.39, 0.29) is 89.9 Å². The second-order valence-electron chi connectivity index (χ2n) is 35.5. The van der Waals surface area contributed by atoms with Crippen molar-refractivity contribution in [2.45, 2.75) is 115 Å². The van der Waals surface area contributed by atoms with Gasteiger partial charge in [-0.1, -0.05) is 338 Å². The minimum absolute atomic E-state index is 0.0371. The molecule has 5 aliphatic carbocycles. The first-order chi connectivity index (χ1) is 67.2. The van der Waals surface area contributed by atoms with E-state index in [0.717, 1.165) is 162 Å². The lowest BCUT2D eigenvalue weighted by molar-refractivity contribution is 0.0874. The molecule has 0 aliphatic heterocycles. The average Bonchev–Trinajstić information content (AvgIpc) is 0.693. The predicted molar refractivity (Wildman–Crippen MR) is 572 cm³/mol. The summed E-state index contributed by atoms with van der Waals surface area (Å²) in [5, 5.41) is 52.7. The molecule has 0 saturated heterocycles. The summed E-state index contributed by atoms with van der Waals surface area (Å²) in [7, 11) is 0. The molecule has 0 amide bonds. The number of hydrogen-bond donors (Lipinski definition) is 0. The highest BCUT2D eigenvalue weighted by Gasteiger charge is 2.37. The average molecular weight is 1770 g/mol. The topological polar surface area (TPSA) is 171 Å². The maximum atomic E-state index is 13.0. The molecule has 27 aromatic carbocycles. The van der Waals surface area contributed by atoms with E-state index in [1.807, 2.05) is 168 Å². The Labute approximate surface area is 784 Å². The molecule has 656 valence electrons. The second kappa shape index (κ2) is 30.6. The number of ketones is 10. The first kappa shape index (κ1) is 83.7. The molecule has 10 heteroatoms. The van der Waals surface area contributed by atoms with Crippen LogP contribution in [-0.2, 0) is 0 Å². The molecular weight excluding hydrogens is 1690 g/mol. The summed E-state index contributed by atoms with van der Waals surface area (Å²) in [6.07, 6.45) is -0.340. The summed E-state index contributed by atoms with van der Waals surface area (Å²) in [5.74, 6) is -1.06. The van der Waals surface area contributed by atoms with Gasteiger partial charge in [0.15, 0.2) is 57.8 Å². The summed E-state index contributed by atoms with van der Waals surface area (Å²) >= 11 is 0. The van der Waals surface area contributed by atoms with Crippen LogP contribution in [0, 0.1) is 0 Å². The molecule has 0 spiro atoms. The van der Waals surface area contributed by atoms with Crippen molar-refractivity contribution in [3.63, 3.8) is 0 Å². The third-order valence-electron chi connectivity index (χ3n) is 30.0. The van der Waals surface area contributed by atoms with Gasteiger partial charge in [0.2, 0.25) is 0 Å². The number of benzene rings is 27. The zero-order chi connectivity index (χ0) is 94.5. The van der Waals surface area contributed by atoms with Crippen molar-refractivity contribution in [1.82, 2.24) is 0 Å². The van der Waals surface area contributed by atoms with Gasteiger partial charge >= 0.3 is 0 Å². The van der Waals surface area contributed by atoms with Crippen LogP contribution in [0.5, 0.6) is 0 Å². The second-order valence-corrected chi connectivity index (χ2v) is 35.5. The van der Waals surface area contributed by atoms with Gasteiger partial charge in [0.1, 0.15) is 0 Å². The number of hydrogen-bond acceptors (Lipinski definition) is 10. The first-order valence-electron chi connectivity index (χ1n) is 48.5. The molecule has 0 unspecified atom stereocenters. The van der Waals surface area contributed by atoms with Crippen molar-refractivity contribution in [2.75, 3.05) is 0 Å². The number of rotatable bonds is 0. The zero-order valence-electron chi connectivity index (χ0n) is 77.9. The summed E-state index contributed by atoms with van der Waals surface area (Å²) in [6.45, 7) is 24.0. The van der Waals surface area contributed by atoms with Gasteiger partial charge in [-0.05, 0) is 232 Å². The SMILES string of the molecule is CC.CC.CC.CC.CC.CC.O=C1CC(=O)c2ccc3c4ccc5c6ccc7c8c(ccc(c9ccc(c%10ccc1c2c%103)c4c95)c86)C(=O)CC7=O.O=C1CC(=O)c2ccc3c4ccc5c6ccc7c8ccc9c%10c(ccc(c%11ccc(c%12ccc(c%13ccc1c2c%133)c4c%125)c6c%117)c%108)C(=O)CC9=O.O=C1CC(=O)c2ccc3c4ccc5c6cccc7cccc(c8ccc(c9ccc1c2c93)c4c85)c76. The van der Waals surface area contributed by atoms with E-state index in [0.29, 0.717) is 55.6 Å². The number of fused-ring (bicyclic) bond motifs is 14. The van der Waals surface area contributed by atoms with Crippen molar-refractivity contribution in [1.29, 1.82) is 0 Å². The van der Waals surface area contributed by atoms with Gasteiger partial charge in [-0.2, -0.15) is 0 Å². The highest BCUT2D eigenvalue weighted by molar-refractivity contribution is 6.52. The Hall–Kier alpha value is -16.3. The van der Waals surface area contributed by atoms with E-state index >= 15 is 0 Å². The van der Waals surface area contributed by atoms with Gasteiger partial charge in [0.05, 0.1) is 32.1 Å². The largest absolute Gasteiger partial charge is 0.294 e. The molecule has 0 fully saturated rings. The standard InChI is InChI=1S/C46H20O4.C36H16O4.C33H16O2.6C2H6/c47-35-17-36(48)32-14-10-28-24-7-3-21-22-4-8-26-30-12-16-34-38(50)18-37(49)33-15-11-29(44(30)46(33)34)25-6-2-20(40(22)42(25)26)19-1-5-23(41(24)39(19)21)27-9-13-31(35)45(32)43(27)28;37-27-13-28(38)24-11-7-21-17-3-4-18-22-8-12-26-30(40)14-29(39)25-10-6-20(34(22)36(25)26)16-2-1-15(31(17)32(16)18)19-5-9-23(27)35(24)33(19)21;34-27-15-28(35)26-14-12-24-22-10-8-20-18-6-2-4-16-3-1-5-17(29(16)18)19-7-9-21(31(22)30(19)20)23-11-13-25(27)33(26)32(23)24;6*1-2/h1-16H,17-18H2;1-12H,13-14H2;1-14H,15H2;6*1-2H3. The molecule has 27 aromatic rings. The molecular formula is C127H88O10.